The Morgan fingerprint density at radius 1 is 1.00 bits per heavy atom. The maximum absolute atomic E-state index is 3.92. The number of hydrogen-bond donors (Lipinski definition) is 0. The van der Waals surface area contributed by atoms with Crippen LogP contribution in [0.1, 0.15) is 5.56 Å². The Morgan fingerprint density at radius 3 is 1.94 bits per heavy atom. The van der Waals surface area contributed by atoms with E-state index >= 15 is 0 Å². The molecule has 0 bridgehead atoms. The second-order valence-corrected chi connectivity index (χ2v) is 8.99. The number of rotatable bonds is 7. The Bertz CT molecular complexity index is 377. The minimum absolute atomic E-state index is 1.09. The lowest BCUT2D eigenvalue weighted by atomic mass is 10.2. The molecule has 0 saturated heterocycles. The zero-order chi connectivity index (χ0) is 12.7. The largest absolute Gasteiger partial charge is 0.103 e. The van der Waals surface area contributed by atoms with E-state index in [1.54, 1.807) is 0 Å². The van der Waals surface area contributed by atoms with Crippen LogP contribution in [-0.4, -0.2) is 8.07 Å². The van der Waals surface area contributed by atoms with Crippen LogP contribution in [0.2, 0.25) is 18.1 Å². The maximum Gasteiger partial charge on any atom is 0.0977 e. The van der Waals surface area contributed by atoms with Crippen LogP contribution < -0.4 is 5.19 Å². The molecule has 0 fully saturated rings. The van der Waals surface area contributed by atoms with Crippen molar-refractivity contribution in [2.24, 2.45) is 0 Å². The van der Waals surface area contributed by atoms with Crippen molar-refractivity contribution in [2.45, 2.75) is 25.1 Å². The van der Waals surface area contributed by atoms with E-state index < -0.39 is 8.07 Å². The molecule has 0 aromatic heterocycles. The monoisotopic (exact) mass is 242 g/mol. The summed E-state index contributed by atoms with van der Waals surface area (Å²) in [6.07, 6.45) is 6.17. The molecule has 0 spiro atoms. The van der Waals surface area contributed by atoms with Gasteiger partial charge in [0.15, 0.2) is 0 Å². The fourth-order valence-corrected chi connectivity index (χ4v) is 6.26. The lowest BCUT2D eigenvalue weighted by Gasteiger charge is -2.29. The molecule has 0 radical (unpaired) electrons. The molecule has 0 atom stereocenters. The summed E-state index contributed by atoms with van der Waals surface area (Å²) in [6.45, 7) is 13.9. The second kappa shape index (κ2) is 6.41. The first-order valence-electron chi connectivity index (χ1n) is 6.08. The molecule has 1 heteroatoms. The molecule has 0 heterocycles. The van der Waals surface area contributed by atoms with E-state index in [4.69, 9.17) is 0 Å². The normalized spacial score (nSPS) is 10.9. The standard InChI is InChI=1S/C16H22Si/c1-5-11-17(12-6-2,13-7-3)16-10-8-9-15(4)14-16/h5-10,14H,1-3,11-13H2,4H3. The zero-order valence-electron chi connectivity index (χ0n) is 10.8. The minimum Gasteiger partial charge on any atom is -0.103 e. The molecule has 0 aliphatic rings. The lowest BCUT2D eigenvalue weighted by molar-refractivity contribution is 1.37. The smallest absolute Gasteiger partial charge is 0.0977 e. The quantitative estimate of drug-likeness (QED) is 0.496. The molecule has 1 aromatic carbocycles. The van der Waals surface area contributed by atoms with E-state index in [-0.39, 0.29) is 0 Å². The molecule has 1 aromatic rings. The van der Waals surface area contributed by atoms with Gasteiger partial charge in [-0.15, -0.1) is 19.7 Å². The Hall–Kier alpha value is -1.34. The van der Waals surface area contributed by atoms with Gasteiger partial charge in [0.1, 0.15) is 0 Å². The van der Waals surface area contributed by atoms with E-state index in [0.717, 1.165) is 18.1 Å². The molecule has 0 unspecified atom stereocenters. The molecular formula is C16H22Si. The van der Waals surface area contributed by atoms with E-state index in [9.17, 15) is 0 Å². The highest BCUT2D eigenvalue weighted by molar-refractivity contribution is 6.92. The summed E-state index contributed by atoms with van der Waals surface area (Å²) in [5, 5.41) is 1.50. The third-order valence-corrected chi connectivity index (χ3v) is 7.98. The zero-order valence-corrected chi connectivity index (χ0v) is 11.8. The highest BCUT2D eigenvalue weighted by Crippen LogP contribution is 2.23. The highest BCUT2D eigenvalue weighted by Gasteiger charge is 2.30. The molecule has 0 aliphatic carbocycles. The molecule has 0 saturated carbocycles. The van der Waals surface area contributed by atoms with Crippen molar-refractivity contribution in [3.8, 4) is 0 Å². The van der Waals surface area contributed by atoms with Crippen LogP contribution in [-0.2, 0) is 0 Å². The predicted molar refractivity (Wildman–Crippen MR) is 81.6 cm³/mol. The van der Waals surface area contributed by atoms with Crippen molar-refractivity contribution in [3.05, 3.63) is 67.8 Å². The summed E-state index contributed by atoms with van der Waals surface area (Å²) < 4.78 is 0. The average molecular weight is 242 g/mol. The third-order valence-electron chi connectivity index (χ3n) is 3.24. The summed E-state index contributed by atoms with van der Waals surface area (Å²) in [5.74, 6) is 0. The van der Waals surface area contributed by atoms with Crippen LogP contribution in [0, 0.1) is 6.92 Å². The van der Waals surface area contributed by atoms with E-state index in [1.807, 2.05) is 0 Å². The lowest BCUT2D eigenvalue weighted by Crippen LogP contribution is -2.46. The van der Waals surface area contributed by atoms with E-state index in [2.05, 4.69) is 69.2 Å². The molecule has 1 rings (SSSR count). The minimum atomic E-state index is -1.56. The van der Waals surface area contributed by atoms with Crippen molar-refractivity contribution in [1.82, 2.24) is 0 Å². The van der Waals surface area contributed by atoms with Crippen LogP contribution in [0.5, 0.6) is 0 Å². The van der Waals surface area contributed by atoms with Crippen molar-refractivity contribution >= 4 is 13.3 Å². The van der Waals surface area contributed by atoms with Gasteiger partial charge in [-0.05, 0) is 25.1 Å². The molecule has 0 nitrogen and oxygen atoms in total. The first-order valence-corrected chi connectivity index (χ1v) is 8.70. The van der Waals surface area contributed by atoms with Crippen LogP contribution in [0.15, 0.2) is 62.2 Å². The molecule has 0 amide bonds. The SMILES string of the molecule is C=CC[Si](CC=C)(CC=C)c1cccc(C)c1. The summed E-state index contributed by atoms with van der Waals surface area (Å²) in [7, 11) is -1.56. The summed E-state index contributed by atoms with van der Waals surface area (Å²) in [6, 6.07) is 12.2. The van der Waals surface area contributed by atoms with Crippen molar-refractivity contribution in [1.29, 1.82) is 0 Å². The van der Waals surface area contributed by atoms with Gasteiger partial charge < -0.3 is 0 Å². The van der Waals surface area contributed by atoms with Gasteiger partial charge in [0, 0.05) is 0 Å². The summed E-state index contributed by atoms with van der Waals surface area (Å²) in [5.41, 5.74) is 1.33. The Balaban J connectivity index is 3.22. The van der Waals surface area contributed by atoms with Gasteiger partial charge in [-0.2, -0.15) is 0 Å². The molecular weight excluding hydrogens is 220 g/mol. The Kier molecular flexibility index (Phi) is 5.17. The summed E-state index contributed by atoms with van der Waals surface area (Å²) in [4.78, 5) is 0. The topological polar surface area (TPSA) is 0 Å². The fourth-order valence-electron chi connectivity index (χ4n) is 2.41. The summed E-state index contributed by atoms with van der Waals surface area (Å²) >= 11 is 0. The predicted octanol–water partition coefficient (Wildman–Crippen LogP) is 4.21. The number of allylic oxidation sites excluding steroid dienone is 3. The molecule has 90 valence electrons. The Labute approximate surface area is 106 Å². The maximum atomic E-state index is 3.92. The first-order chi connectivity index (χ1) is 8.18. The van der Waals surface area contributed by atoms with E-state index in [0.29, 0.717) is 0 Å². The van der Waals surface area contributed by atoms with Crippen LogP contribution in [0.3, 0.4) is 0 Å². The second-order valence-electron chi connectivity index (χ2n) is 4.63. The first kappa shape index (κ1) is 13.7. The number of benzene rings is 1. The van der Waals surface area contributed by atoms with Gasteiger partial charge in [-0.25, -0.2) is 0 Å². The number of aryl methyl sites for hydroxylation is 1. The van der Waals surface area contributed by atoms with Crippen molar-refractivity contribution in [3.63, 3.8) is 0 Å². The van der Waals surface area contributed by atoms with Gasteiger partial charge in [-0.1, -0.05) is 53.2 Å². The van der Waals surface area contributed by atoms with Crippen molar-refractivity contribution in [2.75, 3.05) is 0 Å². The third kappa shape index (κ3) is 3.30. The van der Waals surface area contributed by atoms with Gasteiger partial charge >= 0.3 is 0 Å². The Morgan fingerprint density at radius 2 is 1.53 bits per heavy atom. The van der Waals surface area contributed by atoms with Gasteiger partial charge in [0.05, 0.1) is 8.07 Å². The van der Waals surface area contributed by atoms with Crippen molar-refractivity contribution < 1.29 is 0 Å². The van der Waals surface area contributed by atoms with E-state index in [1.165, 1.54) is 10.8 Å². The van der Waals surface area contributed by atoms with Crippen LogP contribution in [0.4, 0.5) is 0 Å². The molecule has 17 heavy (non-hydrogen) atoms. The molecule has 0 N–H and O–H groups in total. The van der Waals surface area contributed by atoms with Crippen LogP contribution in [0.25, 0.3) is 0 Å². The molecule has 0 aliphatic heterocycles. The van der Waals surface area contributed by atoms with Crippen LogP contribution >= 0.6 is 0 Å². The van der Waals surface area contributed by atoms with Gasteiger partial charge in [0.25, 0.3) is 0 Å². The number of hydrogen-bond acceptors (Lipinski definition) is 0. The highest BCUT2D eigenvalue weighted by atomic mass is 28.3. The fraction of sp³-hybridized carbons (Fsp3) is 0.250. The average Bonchev–Trinajstić information content (AvgIpc) is 2.30. The van der Waals surface area contributed by atoms with Gasteiger partial charge in [0.2, 0.25) is 0 Å². The van der Waals surface area contributed by atoms with Gasteiger partial charge in [-0.3, -0.25) is 0 Å².